The van der Waals surface area contributed by atoms with E-state index in [9.17, 15) is 18.0 Å². The summed E-state index contributed by atoms with van der Waals surface area (Å²) in [5.74, 6) is -0.582. The molecule has 8 heteroatoms. The third-order valence-electron chi connectivity index (χ3n) is 6.84. The van der Waals surface area contributed by atoms with Gasteiger partial charge in [-0.2, -0.15) is 0 Å². The average Bonchev–Trinajstić information content (AvgIpc) is 2.87. The van der Waals surface area contributed by atoms with E-state index >= 15 is 0 Å². The number of aryl methyl sites for hydroxylation is 1. The van der Waals surface area contributed by atoms with Crippen molar-refractivity contribution < 1.29 is 18.0 Å². The molecular formula is C28H39N3O4S. The highest BCUT2D eigenvalue weighted by Crippen LogP contribution is 2.22. The lowest BCUT2D eigenvalue weighted by atomic mass is 9.95. The van der Waals surface area contributed by atoms with E-state index in [2.05, 4.69) is 5.32 Å². The molecule has 1 N–H and O–H groups in total. The smallest absolute Gasteiger partial charge is 0.244 e. The van der Waals surface area contributed by atoms with Crippen LogP contribution in [0.4, 0.5) is 5.69 Å². The van der Waals surface area contributed by atoms with Gasteiger partial charge in [0.05, 0.1) is 11.9 Å². The van der Waals surface area contributed by atoms with Crippen molar-refractivity contribution in [3.63, 3.8) is 0 Å². The van der Waals surface area contributed by atoms with Crippen molar-refractivity contribution in [1.82, 2.24) is 10.2 Å². The summed E-state index contributed by atoms with van der Waals surface area (Å²) in [7, 11) is -3.73. The van der Waals surface area contributed by atoms with Crippen LogP contribution in [0.15, 0.2) is 54.6 Å². The van der Waals surface area contributed by atoms with E-state index in [4.69, 9.17) is 0 Å². The van der Waals surface area contributed by atoms with Crippen molar-refractivity contribution in [3.8, 4) is 0 Å². The second kappa shape index (κ2) is 12.9. The Morgan fingerprint density at radius 2 is 1.58 bits per heavy atom. The number of nitrogens with one attached hydrogen (secondary N) is 1. The molecule has 0 spiro atoms. The Balaban J connectivity index is 1.88. The lowest BCUT2D eigenvalue weighted by Gasteiger charge is -2.34. The number of hydrogen-bond acceptors (Lipinski definition) is 4. The largest absolute Gasteiger partial charge is 0.352 e. The molecule has 0 aromatic heterocycles. The molecule has 1 saturated carbocycles. The molecule has 1 atom stereocenters. The lowest BCUT2D eigenvalue weighted by molar-refractivity contribution is -0.140. The second-order valence-electron chi connectivity index (χ2n) is 9.56. The minimum atomic E-state index is -3.73. The zero-order valence-corrected chi connectivity index (χ0v) is 22.5. The summed E-state index contributed by atoms with van der Waals surface area (Å²) >= 11 is 0. The molecule has 3 rings (SSSR count). The van der Waals surface area contributed by atoms with Gasteiger partial charge >= 0.3 is 0 Å². The van der Waals surface area contributed by atoms with Crippen LogP contribution in [-0.4, -0.2) is 50.0 Å². The molecule has 2 aromatic rings. The van der Waals surface area contributed by atoms with Gasteiger partial charge in [-0.25, -0.2) is 8.42 Å². The molecule has 7 nitrogen and oxygen atoms in total. The number of amides is 2. The molecule has 196 valence electrons. The third-order valence-corrected chi connectivity index (χ3v) is 7.99. The first kappa shape index (κ1) is 27.7. The summed E-state index contributed by atoms with van der Waals surface area (Å²) in [6.45, 7) is 3.76. The fourth-order valence-electron chi connectivity index (χ4n) is 4.76. The van der Waals surface area contributed by atoms with E-state index in [1.807, 2.05) is 56.3 Å². The predicted molar refractivity (Wildman–Crippen MR) is 144 cm³/mol. The number of carbonyl (C=O) groups is 2. The van der Waals surface area contributed by atoms with Crippen LogP contribution in [0.3, 0.4) is 0 Å². The highest BCUT2D eigenvalue weighted by atomic mass is 32.2. The maximum absolute atomic E-state index is 13.7. The van der Waals surface area contributed by atoms with Crippen LogP contribution < -0.4 is 9.62 Å². The quantitative estimate of drug-likeness (QED) is 0.486. The number of rotatable bonds is 11. The van der Waals surface area contributed by atoms with E-state index in [1.165, 1.54) is 11.3 Å². The van der Waals surface area contributed by atoms with Gasteiger partial charge in [-0.05, 0) is 48.9 Å². The lowest BCUT2D eigenvalue weighted by Crippen LogP contribution is -2.53. The third kappa shape index (κ3) is 7.56. The van der Waals surface area contributed by atoms with Gasteiger partial charge in [0, 0.05) is 12.6 Å². The van der Waals surface area contributed by atoms with Crippen LogP contribution in [0.25, 0.3) is 0 Å². The van der Waals surface area contributed by atoms with Crippen LogP contribution in [0.5, 0.6) is 0 Å². The Labute approximate surface area is 215 Å². The Kier molecular flexibility index (Phi) is 9.93. The molecule has 1 fully saturated rings. The van der Waals surface area contributed by atoms with Gasteiger partial charge in [0.1, 0.15) is 12.6 Å². The van der Waals surface area contributed by atoms with E-state index in [0.717, 1.165) is 53.8 Å². The highest BCUT2D eigenvalue weighted by molar-refractivity contribution is 7.92. The summed E-state index contributed by atoms with van der Waals surface area (Å²) in [5, 5.41) is 3.15. The van der Waals surface area contributed by atoms with Gasteiger partial charge in [-0.15, -0.1) is 0 Å². The maximum atomic E-state index is 13.7. The minimum absolute atomic E-state index is 0.124. The summed E-state index contributed by atoms with van der Waals surface area (Å²) in [4.78, 5) is 28.6. The van der Waals surface area contributed by atoms with Gasteiger partial charge in [0.25, 0.3) is 0 Å². The molecule has 2 amide bonds. The molecule has 0 heterocycles. The van der Waals surface area contributed by atoms with Crippen molar-refractivity contribution in [2.45, 2.75) is 77.4 Å². The zero-order chi connectivity index (χ0) is 26.1. The fourth-order valence-corrected chi connectivity index (χ4v) is 5.61. The van der Waals surface area contributed by atoms with Crippen molar-refractivity contribution in [2.24, 2.45) is 0 Å². The van der Waals surface area contributed by atoms with Crippen molar-refractivity contribution in [3.05, 3.63) is 65.7 Å². The Hall–Kier alpha value is -2.87. The van der Waals surface area contributed by atoms with Gasteiger partial charge in [-0.1, -0.05) is 75.6 Å². The summed E-state index contributed by atoms with van der Waals surface area (Å²) in [6, 6.07) is 16.1. The van der Waals surface area contributed by atoms with Crippen LogP contribution in [0, 0.1) is 0 Å². The predicted octanol–water partition coefficient (Wildman–Crippen LogP) is 4.27. The molecule has 36 heavy (non-hydrogen) atoms. The fraction of sp³-hybridized carbons (Fsp3) is 0.500. The standard InChI is InChI=1S/C28H39N3O4S/c1-4-22-16-18-25(19-17-22)31(36(3,34)35)21-27(32)30(20-23-12-8-6-9-13-23)26(5-2)28(33)29-24-14-10-7-11-15-24/h6,8-9,12-13,16-19,24,26H,4-5,7,10-11,14-15,20-21H2,1-3H3,(H,29,33). The summed E-state index contributed by atoms with van der Waals surface area (Å²) in [5.41, 5.74) is 2.39. The number of nitrogens with zero attached hydrogens (tertiary/aromatic N) is 2. The molecule has 0 bridgehead atoms. The monoisotopic (exact) mass is 513 g/mol. The SMILES string of the molecule is CCc1ccc(N(CC(=O)N(Cc2ccccc2)C(CC)C(=O)NC2CCCCC2)S(C)(=O)=O)cc1. The van der Waals surface area contributed by atoms with Crippen molar-refractivity contribution >= 4 is 27.5 Å². The first-order valence-corrected chi connectivity index (χ1v) is 14.8. The molecule has 2 aromatic carbocycles. The molecule has 1 unspecified atom stereocenters. The number of carbonyl (C=O) groups excluding carboxylic acids is 2. The molecule has 0 radical (unpaired) electrons. The van der Waals surface area contributed by atoms with Crippen LogP contribution >= 0.6 is 0 Å². The summed E-state index contributed by atoms with van der Waals surface area (Å²) < 4.78 is 26.6. The van der Waals surface area contributed by atoms with Crippen LogP contribution in [0.2, 0.25) is 0 Å². The Bertz CT molecular complexity index is 1100. The van der Waals surface area contributed by atoms with Crippen molar-refractivity contribution in [1.29, 1.82) is 0 Å². The molecule has 1 aliphatic rings. The number of benzene rings is 2. The summed E-state index contributed by atoms with van der Waals surface area (Å²) in [6.07, 6.45) is 7.63. The Morgan fingerprint density at radius 3 is 2.14 bits per heavy atom. The van der Waals surface area contributed by atoms with E-state index in [1.54, 1.807) is 12.1 Å². The zero-order valence-electron chi connectivity index (χ0n) is 21.7. The van der Waals surface area contributed by atoms with Crippen LogP contribution in [-0.2, 0) is 32.6 Å². The van der Waals surface area contributed by atoms with E-state index in [0.29, 0.717) is 12.1 Å². The average molecular weight is 514 g/mol. The first-order valence-electron chi connectivity index (χ1n) is 12.9. The number of anilines is 1. The number of hydrogen-bond donors (Lipinski definition) is 1. The van der Waals surface area contributed by atoms with E-state index in [-0.39, 0.29) is 25.0 Å². The molecule has 0 saturated heterocycles. The van der Waals surface area contributed by atoms with E-state index < -0.39 is 22.0 Å². The van der Waals surface area contributed by atoms with Crippen LogP contribution in [0.1, 0.15) is 63.5 Å². The Morgan fingerprint density at radius 1 is 0.944 bits per heavy atom. The molecule has 0 aliphatic heterocycles. The first-order chi connectivity index (χ1) is 17.2. The molecule has 1 aliphatic carbocycles. The number of sulfonamides is 1. The van der Waals surface area contributed by atoms with Gasteiger partial charge in [-0.3, -0.25) is 13.9 Å². The second-order valence-corrected chi connectivity index (χ2v) is 11.5. The topological polar surface area (TPSA) is 86.8 Å². The molecular weight excluding hydrogens is 474 g/mol. The van der Waals surface area contributed by atoms with Gasteiger partial charge < -0.3 is 10.2 Å². The van der Waals surface area contributed by atoms with Gasteiger partial charge in [0.15, 0.2) is 0 Å². The van der Waals surface area contributed by atoms with Crippen molar-refractivity contribution in [2.75, 3.05) is 17.1 Å². The van der Waals surface area contributed by atoms with Gasteiger partial charge in [0.2, 0.25) is 21.8 Å². The normalized spacial score (nSPS) is 15.2. The minimum Gasteiger partial charge on any atom is -0.352 e. The maximum Gasteiger partial charge on any atom is 0.244 e. The highest BCUT2D eigenvalue weighted by Gasteiger charge is 2.32.